The maximum atomic E-state index is 13.7. The largest absolute Gasteiger partial charge is 0.494 e. The lowest BCUT2D eigenvalue weighted by Gasteiger charge is -2.13. The van der Waals surface area contributed by atoms with Crippen LogP contribution in [0.1, 0.15) is 37.8 Å². The predicted octanol–water partition coefficient (Wildman–Crippen LogP) is 5.16. The highest BCUT2D eigenvalue weighted by Gasteiger charge is 2.16. The van der Waals surface area contributed by atoms with Crippen LogP contribution in [0.2, 0.25) is 0 Å². The molecule has 0 saturated carbocycles. The van der Waals surface area contributed by atoms with Gasteiger partial charge >= 0.3 is 5.97 Å². The summed E-state index contributed by atoms with van der Waals surface area (Å²) in [6.07, 6.45) is 3.73. The van der Waals surface area contributed by atoms with Gasteiger partial charge in [-0.25, -0.2) is 9.18 Å². The zero-order valence-electron chi connectivity index (χ0n) is 16.0. The van der Waals surface area contributed by atoms with Gasteiger partial charge < -0.3 is 14.2 Å². The summed E-state index contributed by atoms with van der Waals surface area (Å²) in [6.45, 7) is 4.65. The van der Waals surface area contributed by atoms with E-state index >= 15 is 0 Å². The molecule has 0 unspecified atom stereocenters. The third kappa shape index (κ3) is 5.84. The average Bonchev–Trinajstić information content (AvgIpc) is 2.69. The van der Waals surface area contributed by atoms with Crippen molar-refractivity contribution in [3.05, 3.63) is 65.5 Å². The molecule has 0 fully saturated rings. The normalized spacial score (nSPS) is 11.2. The van der Waals surface area contributed by atoms with Crippen LogP contribution in [0.3, 0.4) is 0 Å². The van der Waals surface area contributed by atoms with Crippen molar-refractivity contribution in [2.24, 2.45) is 0 Å². The second-order valence-electron chi connectivity index (χ2n) is 5.96. The first-order valence-corrected chi connectivity index (χ1v) is 8.98. The second kappa shape index (κ2) is 10.4. The lowest BCUT2D eigenvalue weighted by Crippen LogP contribution is -2.08. The van der Waals surface area contributed by atoms with E-state index in [-0.39, 0.29) is 6.61 Å². The molecule has 0 N–H and O–H groups in total. The number of hydrogen-bond acceptors (Lipinski definition) is 4. The number of methoxy groups -OCH3 is 1. The number of allylic oxidation sites excluding steroid dienone is 1. The van der Waals surface area contributed by atoms with Crippen molar-refractivity contribution in [1.82, 2.24) is 0 Å². The van der Waals surface area contributed by atoms with Gasteiger partial charge in [0.05, 0.1) is 19.3 Å². The summed E-state index contributed by atoms with van der Waals surface area (Å²) in [5.74, 6) is 0.550. The molecule has 0 aliphatic rings. The van der Waals surface area contributed by atoms with Gasteiger partial charge in [0, 0.05) is 5.56 Å². The number of esters is 1. The van der Waals surface area contributed by atoms with E-state index in [1.54, 1.807) is 31.2 Å². The Morgan fingerprint density at radius 2 is 1.74 bits per heavy atom. The second-order valence-corrected chi connectivity index (χ2v) is 5.96. The Kier molecular flexibility index (Phi) is 7.86. The first-order valence-electron chi connectivity index (χ1n) is 8.98. The van der Waals surface area contributed by atoms with Crippen molar-refractivity contribution in [3.8, 4) is 11.5 Å². The smallest absolute Gasteiger partial charge is 0.338 e. The maximum absolute atomic E-state index is 13.7. The zero-order chi connectivity index (χ0) is 19.6. The molecule has 4 nitrogen and oxygen atoms in total. The SMILES string of the molecule is CC=C(C(=O)OC)c1ccc(F)cc1COc1ccc(OCCCC)cc1. The van der Waals surface area contributed by atoms with Gasteiger partial charge in [-0.1, -0.05) is 25.5 Å². The van der Waals surface area contributed by atoms with Gasteiger partial charge in [-0.2, -0.15) is 0 Å². The molecule has 0 spiro atoms. The van der Waals surface area contributed by atoms with E-state index in [9.17, 15) is 9.18 Å². The van der Waals surface area contributed by atoms with E-state index < -0.39 is 11.8 Å². The van der Waals surface area contributed by atoms with Crippen LogP contribution in [0, 0.1) is 5.82 Å². The molecular weight excluding hydrogens is 347 g/mol. The van der Waals surface area contributed by atoms with Gasteiger partial charge in [0.1, 0.15) is 23.9 Å². The third-order valence-electron chi connectivity index (χ3n) is 4.04. The standard InChI is InChI=1S/C22H25FO4/c1-4-6-13-26-18-8-10-19(11-9-18)27-15-16-14-17(23)7-12-21(16)20(5-2)22(24)25-3/h5,7-12,14H,4,6,13,15H2,1-3H3. The molecule has 144 valence electrons. The molecule has 0 bridgehead atoms. The van der Waals surface area contributed by atoms with Crippen LogP contribution in [0.5, 0.6) is 11.5 Å². The Labute approximate surface area is 159 Å². The summed E-state index contributed by atoms with van der Waals surface area (Å²) >= 11 is 0. The van der Waals surface area contributed by atoms with Crippen LogP contribution < -0.4 is 9.47 Å². The Morgan fingerprint density at radius 3 is 2.33 bits per heavy atom. The van der Waals surface area contributed by atoms with E-state index in [1.165, 1.54) is 19.2 Å². The van der Waals surface area contributed by atoms with Gasteiger partial charge in [0.25, 0.3) is 0 Å². The highest BCUT2D eigenvalue weighted by molar-refractivity contribution is 6.16. The van der Waals surface area contributed by atoms with Gasteiger partial charge in [0.15, 0.2) is 0 Å². The maximum Gasteiger partial charge on any atom is 0.338 e. The Hall–Kier alpha value is -2.82. The minimum Gasteiger partial charge on any atom is -0.494 e. The highest BCUT2D eigenvalue weighted by atomic mass is 19.1. The van der Waals surface area contributed by atoms with Crippen molar-refractivity contribution in [3.63, 3.8) is 0 Å². The van der Waals surface area contributed by atoms with E-state index in [4.69, 9.17) is 14.2 Å². The summed E-state index contributed by atoms with van der Waals surface area (Å²) in [5.41, 5.74) is 1.53. The van der Waals surface area contributed by atoms with Gasteiger partial charge in [0.2, 0.25) is 0 Å². The van der Waals surface area contributed by atoms with Crippen molar-refractivity contribution < 1.29 is 23.4 Å². The summed E-state index contributed by atoms with van der Waals surface area (Å²) in [6, 6.07) is 11.5. The third-order valence-corrected chi connectivity index (χ3v) is 4.04. The Bertz CT molecular complexity index is 781. The number of rotatable bonds is 9. The molecule has 5 heteroatoms. The Balaban J connectivity index is 2.11. The molecule has 27 heavy (non-hydrogen) atoms. The molecule has 0 aromatic heterocycles. The van der Waals surface area contributed by atoms with E-state index in [1.807, 2.05) is 12.1 Å². The van der Waals surface area contributed by atoms with E-state index in [0.717, 1.165) is 18.6 Å². The van der Waals surface area contributed by atoms with E-state index in [0.29, 0.717) is 29.1 Å². The van der Waals surface area contributed by atoms with Crippen LogP contribution in [0.4, 0.5) is 4.39 Å². The molecule has 0 aliphatic heterocycles. The topological polar surface area (TPSA) is 44.8 Å². The number of carbonyl (C=O) groups excluding carboxylic acids is 1. The fourth-order valence-electron chi connectivity index (χ4n) is 2.57. The average molecular weight is 372 g/mol. The molecule has 0 heterocycles. The first kappa shape index (κ1) is 20.5. The zero-order valence-corrected chi connectivity index (χ0v) is 16.0. The molecule has 0 aliphatic carbocycles. The summed E-state index contributed by atoms with van der Waals surface area (Å²) in [7, 11) is 1.32. The number of hydrogen-bond donors (Lipinski definition) is 0. The van der Waals surface area contributed by atoms with Crippen LogP contribution >= 0.6 is 0 Å². The quantitative estimate of drug-likeness (QED) is 0.346. The molecule has 0 atom stereocenters. The van der Waals surface area contributed by atoms with Crippen molar-refractivity contribution in [2.75, 3.05) is 13.7 Å². The van der Waals surface area contributed by atoms with Gasteiger partial charge in [-0.05, 0) is 55.3 Å². The molecule has 2 aromatic carbocycles. The molecule has 0 saturated heterocycles. The van der Waals surface area contributed by atoms with Crippen LogP contribution in [-0.4, -0.2) is 19.7 Å². The van der Waals surface area contributed by atoms with Gasteiger partial charge in [-0.3, -0.25) is 0 Å². The minimum atomic E-state index is -0.473. The molecule has 0 radical (unpaired) electrons. The molecular formula is C22H25FO4. The summed E-state index contributed by atoms with van der Waals surface area (Å²) in [4.78, 5) is 12.0. The minimum absolute atomic E-state index is 0.122. The van der Waals surface area contributed by atoms with Crippen molar-refractivity contribution in [2.45, 2.75) is 33.3 Å². The fraction of sp³-hybridized carbons (Fsp3) is 0.318. The molecule has 2 rings (SSSR count). The Morgan fingerprint density at radius 1 is 1.07 bits per heavy atom. The number of carbonyl (C=O) groups is 1. The molecule has 2 aromatic rings. The lowest BCUT2D eigenvalue weighted by molar-refractivity contribution is -0.133. The lowest BCUT2D eigenvalue weighted by atomic mass is 9.99. The predicted molar refractivity (Wildman–Crippen MR) is 103 cm³/mol. The van der Waals surface area contributed by atoms with Crippen LogP contribution in [0.25, 0.3) is 5.57 Å². The highest BCUT2D eigenvalue weighted by Crippen LogP contribution is 2.24. The van der Waals surface area contributed by atoms with Crippen molar-refractivity contribution >= 4 is 11.5 Å². The number of halogens is 1. The van der Waals surface area contributed by atoms with Crippen LogP contribution in [-0.2, 0) is 16.1 Å². The molecule has 0 amide bonds. The fourth-order valence-corrected chi connectivity index (χ4v) is 2.57. The summed E-state index contributed by atoms with van der Waals surface area (Å²) < 4.78 is 29.9. The summed E-state index contributed by atoms with van der Waals surface area (Å²) in [5, 5.41) is 0. The number of unbranched alkanes of at least 4 members (excludes halogenated alkanes) is 1. The van der Waals surface area contributed by atoms with Crippen molar-refractivity contribution in [1.29, 1.82) is 0 Å². The van der Waals surface area contributed by atoms with Gasteiger partial charge in [-0.15, -0.1) is 0 Å². The first-order chi connectivity index (χ1) is 13.1. The van der Waals surface area contributed by atoms with Crippen LogP contribution in [0.15, 0.2) is 48.5 Å². The van der Waals surface area contributed by atoms with E-state index in [2.05, 4.69) is 6.92 Å². The number of benzene rings is 2. The number of ether oxygens (including phenoxy) is 3. The monoisotopic (exact) mass is 372 g/mol.